The van der Waals surface area contributed by atoms with Crippen LogP contribution in [0.15, 0.2) is 48.5 Å². The Bertz CT molecular complexity index is 805. The van der Waals surface area contributed by atoms with E-state index in [0.29, 0.717) is 5.56 Å². The van der Waals surface area contributed by atoms with Crippen molar-refractivity contribution in [3.8, 4) is 0 Å². The topological polar surface area (TPSA) is 98.5 Å². The molecular weight excluding hydrogens is 336 g/mol. The fourth-order valence-corrected chi connectivity index (χ4v) is 2.44. The molecule has 7 nitrogen and oxygen atoms in total. The second-order valence-corrected chi connectivity index (χ2v) is 6.00. The molecule has 0 radical (unpaired) electrons. The van der Waals surface area contributed by atoms with Crippen LogP contribution in [0.25, 0.3) is 0 Å². The predicted octanol–water partition coefficient (Wildman–Crippen LogP) is 3.58. The van der Waals surface area contributed by atoms with Crippen molar-refractivity contribution in [3.05, 3.63) is 69.8 Å². The molecule has 0 heterocycles. The number of hydrogen-bond acceptors (Lipinski definition) is 5. The first-order valence-corrected chi connectivity index (χ1v) is 8.12. The molecule has 1 atom stereocenters. The molecule has 0 fully saturated rings. The van der Waals surface area contributed by atoms with Crippen LogP contribution in [-0.2, 0) is 14.3 Å². The summed E-state index contributed by atoms with van der Waals surface area (Å²) < 4.78 is 4.97. The number of aryl methyl sites for hydroxylation is 1. The Morgan fingerprint density at radius 1 is 1.19 bits per heavy atom. The van der Waals surface area contributed by atoms with Gasteiger partial charge in [-0.2, -0.15) is 0 Å². The van der Waals surface area contributed by atoms with Gasteiger partial charge >= 0.3 is 5.97 Å². The van der Waals surface area contributed by atoms with Gasteiger partial charge < -0.3 is 10.1 Å². The quantitative estimate of drug-likeness (QED) is 0.464. The number of carbonyl (C=O) groups excluding carboxylic acids is 2. The number of nitrogens with one attached hydrogen (secondary N) is 1. The fourth-order valence-electron chi connectivity index (χ4n) is 2.44. The van der Waals surface area contributed by atoms with Crippen molar-refractivity contribution >= 4 is 23.3 Å². The number of nitrogens with zero attached hydrogens (tertiary/aromatic N) is 1. The van der Waals surface area contributed by atoms with E-state index >= 15 is 0 Å². The Labute approximate surface area is 151 Å². The zero-order valence-corrected chi connectivity index (χ0v) is 14.6. The molecule has 1 amide bonds. The third kappa shape index (κ3) is 5.41. The van der Waals surface area contributed by atoms with Crippen LogP contribution in [0.5, 0.6) is 0 Å². The Hall–Kier alpha value is -3.22. The highest BCUT2D eigenvalue weighted by molar-refractivity contribution is 5.94. The number of amides is 1. The Kier molecular flexibility index (Phi) is 6.43. The Balaban J connectivity index is 1.87. The monoisotopic (exact) mass is 356 g/mol. The van der Waals surface area contributed by atoms with Crippen molar-refractivity contribution in [3.63, 3.8) is 0 Å². The van der Waals surface area contributed by atoms with Crippen molar-refractivity contribution in [2.24, 2.45) is 0 Å². The van der Waals surface area contributed by atoms with Crippen molar-refractivity contribution in [1.82, 2.24) is 0 Å². The largest absolute Gasteiger partial charge is 0.456 e. The van der Waals surface area contributed by atoms with E-state index in [1.54, 1.807) is 13.0 Å². The number of rotatable bonds is 7. The lowest BCUT2D eigenvalue weighted by atomic mass is 9.98. The maximum absolute atomic E-state index is 11.9. The predicted molar refractivity (Wildman–Crippen MR) is 96.9 cm³/mol. The molecular formula is C19H20N2O5. The van der Waals surface area contributed by atoms with Crippen LogP contribution in [0.2, 0.25) is 0 Å². The molecule has 2 rings (SSSR count). The lowest BCUT2D eigenvalue weighted by Crippen LogP contribution is -2.22. The standard InChI is InChI=1S/C19H20N2O5/c1-13-8-9-16(17(10-13)21(24)25)20-18(22)12-26-19(23)11-14(2)15-6-4-3-5-7-15/h3-10,14H,11-12H2,1-2H3,(H,20,22). The van der Waals surface area contributed by atoms with E-state index in [4.69, 9.17) is 4.74 Å². The van der Waals surface area contributed by atoms with Crippen LogP contribution < -0.4 is 5.32 Å². The summed E-state index contributed by atoms with van der Waals surface area (Å²) in [5.74, 6) is -1.17. The summed E-state index contributed by atoms with van der Waals surface area (Å²) in [5, 5.41) is 13.4. The van der Waals surface area contributed by atoms with Crippen molar-refractivity contribution in [2.75, 3.05) is 11.9 Å². The minimum Gasteiger partial charge on any atom is -0.456 e. The highest BCUT2D eigenvalue weighted by Crippen LogP contribution is 2.25. The summed E-state index contributed by atoms with van der Waals surface area (Å²) >= 11 is 0. The zero-order chi connectivity index (χ0) is 19.1. The maximum Gasteiger partial charge on any atom is 0.306 e. The lowest BCUT2D eigenvalue weighted by molar-refractivity contribution is -0.384. The van der Waals surface area contributed by atoms with Gasteiger partial charge in [0.05, 0.1) is 11.3 Å². The molecule has 1 N–H and O–H groups in total. The second-order valence-electron chi connectivity index (χ2n) is 6.00. The smallest absolute Gasteiger partial charge is 0.306 e. The van der Waals surface area contributed by atoms with E-state index < -0.39 is 23.4 Å². The first-order valence-electron chi connectivity index (χ1n) is 8.12. The molecule has 2 aromatic carbocycles. The number of nitro groups is 1. The average Bonchev–Trinajstić information content (AvgIpc) is 2.62. The molecule has 26 heavy (non-hydrogen) atoms. The maximum atomic E-state index is 11.9. The molecule has 0 spiro atoms. The van der Waals surface area contributed by atoms with E-state index in [2.05, 4.69) is 5.32 Å². The molecule has 0 aromatic heterocycles. The Morgan fingerprint density at radius 3 is 2.54 bits per heavy atom. The number of nitro benzene ring substituents is 1. The normalized spacial score (nSPS) is 11.5. The number of benzene rings is 2. The van der Waals surface area contributed by atoms with E-state index in [-0.39, 0.29) is 23.7 Å². The Morgan fingerprint density at radius 2 is 1.88 bits per heavy atom. The van der Waals surface area contributed by atoms with E-state index in [0.717, 1.165) is 5.56 Å². The third-order valence-electron chi connectivity index (χ3n) is 3.83. The van der Waals surface area contributed by atoms with E-state index in [9.17, 15) is 19.7 Å². The number of hydrogen-bond donors (Lipinski definition) is 1. The van der Waals surface area contributed by atoms with Gasteiger partial charge in [0.2, 0.25) is 0 Å². The van der Waals surface area contributed by atoms with Crippen LogP contribution in [0.4, 0.5) is 11.4 Å². The highest BCUT2D eigenvalue weighted by Gasteiger charge is 2.18. The summed E-state index contributed by atoms with van der Waals surface area (Å²) in [6.07, 6.45) is 0.141. The first-order chi connectivity index (χ1) is 12.4. The molecule has 136 valence electrons. The van der Waals surface area contributed by atoms with Crippen LogP contribution >= 0.6 is 0 Å². The van der Waals surface area contributed by atoms with Gasteiger partial charge in [-0.05, 0) is 30.0 Å². The van der Waals surface area contributed by atoms with Crippen molar-refractivity contribution in [1.29, 1.82) is 0 Å². The molecule has 0 saturated carbocycles. The van der Waals surface area contributed by atoms with Gasteiger partial charge in [-0.3, -0.25) is 19.7 Å². The van der Waals surface area contributed by atoms with Crippen molar-refractivity contribution < 1.29 is 19.2 Å². The van der Waals surface area contributed by atoms with Crippen LogP contribution in [-0.4, -0.2) is 23.4 Å². The van der Waals surface area contributed by atoms with E-state index in [1.165, 1.54) is 12.1 Å². The minimum atomic E-state index is -0.627. The van der Waals surface area contributed by atoms with Gasteiger partial charge in [-0.25, -0.2) is 0 Å². The fraction of sp³-hybridized carbons (Fsp3) is 0.263. The van der Waals surface area contributed by atoms with Gasteiger partial charge in [0.25, 0.3) is 11.6 Å². The van der Waals surface area contributed by atoms with E-state index in [1.807, 2.05) is 37.3 Å². The van der Waals surface area contributed by atoms with Gasteiger partial charge in [0.15, 0.2) is 6.61 Å². The number of ether oxygens (including phenoxy) is 1. The van der Waals surface area contributed by atoms with Crippen LogP contribution in [0.3, 0.4) is 0 Å². The molecule has 7 heteroatoms. The highest BCUT2D eigenvalue weighted by atomic mass is 16.6. The van der Waals surface area contributed by atoms with Crippen LogP contribution in [0.1, 0.15) is 30.4 Å². The number of carbonyl (C=O) groups is 2. The molecule has 0 bridgehead atoms. The zero-order valence-electron chi connectivity index (χ0n) is 14.6. The third-order valence-corrected chi connectivity index (χ3v) is 3.83. The van der Waals surface area contributed by atoms with Crippen molar-refractivity contribution in [2.45, 2.75) is 26.2 Å². The number of esters is 1. The van der Waals surface area contributed by atoms with Crippen LogP contribution in [0, 0.1) is 17.0 Å². The molecule has 0 aliphatic rings. The number of anilines is 1. The lowest BCUT2D eigenvalue weighted by Gasteiger charge is -2.11. The minimum absolute atomic E-state index is 0.0371. The molecule has 1 unspecified atom stereocenters. The summed E-state index contributed by atoms with van der Waals surface area (Å²) in [6, 6.07) is 14.0. The average molecular weight is 356 g/mol. The molecule has 0 saturated heterocycles. The summed E-state index contributed by atoms with van der Waals surface area (Å²) in [5.41, 5.74) is 1.57. The second kappa shape index (κ2) is 8.75. The van der Waals surface area contributed by atoms with Gasteiger partial charge in [-0.15, -0.1) is 0 Å². The summed E-state index contributed by atoms with van der Waals surface area (Å²) in [7, 11) is 0. The SMILES string of the molecule is Cc1ccc(NC(=O)COC(=O)CC(C)c2ccccc2)c([N+](=O)[O-])c1. The first kappa shape index (κ1) is 19.1. The van der Waals surface area contributed by atoms with Gasteiger partial charge in [0, 0.05) is 6.07 Å². The van der Waals surface area contributed by atoms with Gasteiger partial charge in [-0.1, -0.05) is 43.3 Å². The molecule has 2 aromatic rings. The summed E-state index contributed by atoms with van der Waals surface area (Å²) in [4.78, 5) is 34.3. The molecule has 0 aliphatic heterocycles. The summed E-state index contributed by atoms with van der Waals surface area (Å²) in [6.45, 7) is 3.12. The van der Waals surface area contributed by atoms with Gasteiger partial charge in [0.1, 0.15) is 5.69 Å². The molecule has 0 aliphatic carbocycles.